The summed E-state index contributed by atoms with van der Waals surface area (Å²) in [5, 5.41) is 9.75. The summed E-state index contributed by atoms with van der Waals surface area (Å²) < 4.78 is 83.5. The van der Waals surface area contributed by atoms with Crippen molar-refractivity contribution in [3.8, 4) is 22.6 Å². The van der Waals surface area contributed by atoms with Crippen LogP contribution >= 0.6 is 0 Å². The molecule has 5 aromatic rings. The quantitative estimate of drug-likeness (QED) is 0.255. The van der Waals surface area contributed by atoms with Gasteiger partial charge in [0.15, 0.2) is 23.1 Å². The van der Waals surface area contributed by atoms with Crippen LogP contribution in [-0.2, 0) is 31.2 Å². The number of halogens is 5. The number of imidazole rings is 1. The lowest BCUT2D eigenvalue weighted by Gasteiger charge is -2.15. The summed E-state index contributed by atoms with van der Waals surface area (Å²) in [6, 6.07) is 8.71. The Bertz CT molecular complexity index is 1850. The Balaban J connectivity index is 1.61. The van der Waals surface area contributed by atoms with Crippen LogP contribution in [0.3, 0.4) is 0 Å². The molecule has 0 atom stereocenters. The van der Waals surface area contributed by atoms with Crippen molar-refractivity contribution in [1.82, 2.24) is 24.3 Å². The normalized spacial score (nSPS) is 11.6. The second kappa shape index (κ2) is 11.0. The Kier molecular flexibility index (Phi) is 7.41. The predicted octanol–water partition coefficient (Wildman–Crippen LogP) is 4.65. The SMILES string of the molecule is COc1cc(-c2cc(C(F)(F)F)cc3c2n(C)c(=O)n3CC(=O)Nc2cccc(F)c2)cc(F)c1OCc1nnc[nH]1. The number of nitrogens with zero attached hydrogens (tertiary/aromatic N) is 4. The number of aryl methyl sites for hydroxylation is 1. The lowest BCUT2D eigenvalue weighted by atomic mass is 9.99. The van der Waals surface area contributed by atoms with Gasteiger partial charge in [-0.25, -0.2) is 13.6 Å². The van der Waals surface area contributed by atoms with E-state index in [2.05, 4.69) is 20.5 Å². The number of benzene rings is 3. The van der Waals surface area contributed by atoms with Gasteiger partial charge < -0.3 is 19.8 Å². The van der Waals surface area contributed by atoms with Gasteiger partial charge in [-0.3, -0.25) is 13.9 Å². The van der Waals surface area contributed by atoms with E-state index in [0.717, 1.165) is 39.5 Å². The van der Waals surface area contributed by atoms with Gasteiger partial charge in [0, 0.05) is 18.3 Å². The fourth-order valence-corrected chi connectivity index (χ4v) is 4.46. The van der Waals surface area contributed by atoms with Gasteiger partial charge in [-0.1, -0.05) is 6.07 Å². The number of hydrogen-bond acceptors (Lipinski definition) is 6. The average molecular weight is 588 g/mol. The number of aromatic nitrogens is 5. The van der Waals surface area contributed by atoms with Gasteiger partial charge in [0.1, 0.15) is 25.3 Å². The number of carbonyl (C=O) groups excluding carboxylic acids is 1. The number of alkyl halides is 3. The zero-order chi connectivity index (χ0) is 30.2. The molecular weight excluding hydrogens is 567 g/mol. The van der Waals surface area contributed by atoms with Gasteiger partial charge in [0.05, 0.1) is 23.7 Å². The Morgan fingerprint density at radius 1 is 1.12 bits per heavy atom. The van der Waals surface area contributed by atoms with E-state index in [1.54, 1.807) is 0 Å². The monoisotopic (exact) mass is 588 g/mol. The molecule has 2 aromatic heterocycles. The first-order chi connectivity index (χ1) is 20.0. The van der Waals surface area contributed by atoms with Crippen LogP contribution in [0, 0.1) is 11.6 Å². The molecule has 2 heterocycles. The number of ether oxygens (including phenoxy) is 2. The Labute approximate surface area is 233 Å². The Hall–Kier alpha value is -5.21. The molecule has 0 spiro atoms. The number of anilines is 1. The molecule has 5 rings (SSSR count). The molecule has 0 bridgehead atoms. The second-order valence-corrected chi connectivity index (χ2v) is 9.09. The largest absolute Gasteiger partial charge is 0.493 e. The molecule has 0 fully saturated rings. The van der Waals surface area contributed by atoms with E-state index in [-0.39, 0.29) is 51.8 Å². The fourth-order valence-electron chi connectivity index (χ4n) is 4.46. The highest BCUT2D eigenvalue weighted by Gasteiger charge is 2.33. The van der Waals surface area contributed by atoms with E-state index in [1.807, 2.05) is 0 Å². The molecule has 1 amide bonds. The van der Waals surface area contributed by atoms with Crippen LogP contribution in [-0.4, -0.2) is 37.3 Å². The fraction of sp³-hybridized carbons (Fsp3) is 0.185. The van der Waals surface area contributed by atoms with Crippen molar-refractivity contribution in [3.63, 3.8) is 0 Å². The molecule has 0 saturated heterocycles. The number of aromatic amines is 1. The van der Waals surface area contributed by atoms with Crippen molar-refractivity contribution in [1.29, 1.82) is 0 Å². The van der Waals surface area contributed by atoms with Crippen molar-refractivity contribution in [2.75, 3.05) is 12.4 Å². The molecule has 218 valence electrons. The molecule has 0 aliphatic rings. The van der Waals surface area contributed by atoms with Gasteiger partial charge in [0.2, 0.25) is 5.91 Å². The summed E-state index contributed by atoms with van der Waals surface area (Å²) >= 11 is 0. The molecule has 42 heavy (non-hydrogen) atoms. The number of carbonyl (C=O) groups is 1. The van der Waals surface area contributed by atoms with E-state index in [1.165, 1.54) is 38.7 Å². The molecule has 0 saturated carbocycles. The van der Waals surface area contributed by atoms with Gasteiger partial charge in [-0.05, 0) is 48.0 Å². The molecule has 2 N–H and O–H groups in total. The minimum Gasteiger partial charge on any atom is -0.493 e. The van der Waals surface area contributed by atoms with E-state index in [0.29, 0.717) is 0 Å². The van der Waals surface area contributed by atoms with Crippen molar-refractivity contribution < 1.29 is 36.2 Å². The third-order valence-electron chi connectivity index (χ3n) is 6.33. The van der Waals surface area contributed by atoms with E-state index >= 15 is 4.39 Å². The summed E-state index contributed by atoms with van der Waals surface area (Å²) in [7, 11) is 2.54. The standard InChI is InChI=1S/C27H21F5N6O4/c1-37-24-18(14-6-19(29)25(21(7-14)41-2)42-12-22-33-13-34-36-22)8-15(27(30,31)32)9-20(24)38(26(37)40)11-23(39)35-17-5-3-4-16(28)10-17/h3-10,13H,11-12H2,1-2H3,(H,35,39)(H,33,34,36). The highest BCUT2D eigenvalue weighted by molar-refractivity contribution is 5.96. The van der Waals surface area contributed by atoms with Crippen molar-refractivity contribution in [2.45, 2.75) is 19.3 Å². The van der Waals surface area contributed by atoms with Crippen LogP contribution in [0.1, 0.15) is 11.4 Å². The molecule has 0 unspecified atom stereocenters. The molecule has 15 heteroatoms. The van der Waals surface area contributed by atoms with Gasteiger partial charge in [-0.2, -0.15) is 13.2 Å². The second-order valence-electron chi connectivity index (χ2n) is 9.09. The minimum absolute atomic E-state index is 0.00309. The van der Waals surface area contributed by atoms with Gasteiger partial charge in [0.25, 0.3) is 0 Å². The molecule has 0 aliphatic carbocycles. The maximum Gasteiger partial charge on any atom is 0.416 e. The summed E-state index contributed by atoms with van der Waals surface area (Å²) in [4.78, 5) is 28.6. The summed E-state index contributed by atoms with van der Waals surface area (Å²) in [6.07, 6.45) is -3.55. The number of methoxy groups -OCH3 is 1. The van der Waals surface area contributed by atoms with Crippen LogP contribution in [0.5, 0.6) is 11.5 Å². The first-order valence-corrected chi connectivity index (χ1v) is 12.2. The average Bonchev–Trinajstić information content (AvgIpc) is 3.54. The molecule has 0 radical (unpaired) electrons. The van der Waals surface area contributed by atoms with Gasteiger partial charge in [-0.15, -0.1) is 10.2 Å². The third-order valence-corrected chi connectivity index (χ3v) is 6.33. The third kappa shape index (κ3) is 5.53. The summed E-state index contributed by atoms with van der Waals surface area (Å²) in [5.41, 5.74) is -2.28. The first-order valence-electron chi connectivity index (χ1n) is 12.2. The zero-order valence-corrected chi connectivity index (χ0v) is 21.9. The summed E-state index contributed by atoms with van der Waals surface area (Å²) in [5.74, 6) is -2.51. The van der Waals surface area contributed by atoms with E-state index < -0.39 is 41.5 Å². The van der Waals surface area contributed by atoms with Crippen LogP contribution in [0.2, 0.25) is 0 Å². The van der Waals surface area contributed by atoms with Crippen LogP contribution < -0.4 is 20.5 Å². The lowest BCUT2D eigenvalue weighted by Crippen LogP contribution is -2.28. The number of H-pyrrole nitrogens is 1. The number of hydrogen-bond donors (Lipinski definition) is 2. The number of amides is 1. The van der Waals surface area contributed by atoms with Crippen molar-refractivity contribution >= 4 is 22.6 Å². The first kappa shape index (κ1) is 28.3. The van der Waals surface area contributed by atoms with Crippen molar-refractivity contribution in [2.24, 2.45) is 7.05 Å². The predicted molar refractivity (Wildman–Crippen MR) is 140 cm³/mol. The van der Waals surface area contributed by atoms with E-state index in [4.69, 9.17) is 9.47 Å². The minimum atomic E-state index is -4.85. The number of fused-ring (bicyclic) bond motifs is 1. The number of rotatable bonds is 8. The van der Waals surface area contributed by atoms with Crippen LogP contribution in [0.4, 0.5) is 27.6 Å². The van der Waals surface area contributed by atoms with Gasteiger partial charge >= 0.3 is 11.9 Å². The Morgan fingerprint density at radius 3 is 2.57 bits per heavy atom. The zero-order valence-electron chi connectivity index (χ0n) is 21.9. The maximum absolute atomic E-state index is 15.3. The molecular formula is C27H21F5N6O4. The molecule has 3 aromatic carbocycles. The van der Waals surface area contributed by atoms with E-state index in [9.17, 15) is 27.2 Å². The highest BCUT2D eigenvalue weighted by atomic mass is 19.4. The number of nitrogens with one attached hydrogen (secondary N) is 2. The lowest BCUT2D eigenvalue weighted by molar-refractivity contribution is -0.137. The molecule has 0 aliphatic heterocycles. The summed E-state index contributed by atoms with van der Waals surface area (Å²) in [6.45, 7) is -0.880. The van der Waals surface area contributed by atoms with Crippen LogP contribution in [0.15, 0.2) is 59.7 Å². The maximum atomic E-state index is 15.3. The Morgan fingerprint density at radius 2 is 1.90 bits per heavy atom. The highest BCUT2D eigenvalue weighted by Crippen LogP contribution is 2.41. The smallest absolute Gasteiger partial charge is 0.416 e. The van der Waals surface area contributed by atoms with Crippen molar-refractivity contribution in [3.05, 3.63) is 88.4 Å². The van der Waals surface area contributed by atoms with Crippen LogP contribution in [0.25, 0.3) is 22.2 Å². The molecule has 10 nitrogen and oxygen atoms in total. The topological polar surface area (TPSA) is 116 Å².